The molecule has 1 amide bonds. The van der Waals surface area contributed by atoms with Crippen molar-refractivity contribution in [1.82, 2.24) is 4.90 Å². The van der Waals surface area contributed by atoms with Gasteiger partial charge in [-0.25, -0.2) is 0 Å². The van der Waals surface area contributed by atoms with Crippen molar-refractivity contribution in [3.8, 4) is 0 Å². The molecule has 2 aromatic rings. The first-order valence-electron chi connectivity index (χ1n) is 8.06. The van der Waals surface area contributed by atoms with Crippen molar-refractivity contribution in [3.63, 3.8) is 0 Å². The van der Waals surface area contributed by atoms with Crippen LogP contribution in [0, 0.1) is 10.1 Å². The maximum absolute atomic E-state index is 12.5. The van der Waals surface area contributed by atoms with Crippen molar-refractivity contribution in [2.24, 2.45) is 0 Å². The summed E-state index contributed by atoms with van der Waals surface area (Å²) in [6.07, 6.45) is 0.734. The van der Waals surface area contributed by atoms with E-state index in [1.165, 1.54) is 17.4 Å². The average Bonchev–Trinajstić information content (AvgIpc) is 3.05. The van der Waals surface area contributed by atoms with Crippen LogP contribution in [0.15, 0.2) is 35.7 Å². The lowest BCUT2D eigenvalue weighted by Crippen LogP contribution is -2.35. The number of anilines is 1. The average molecular weight is 361 g/mol. The molecule has 1 aliphatic rings. The molecule has 1 aromatic carbocycles. The van der Waals surface area contributed by atoms with E-state index in [0.717, 1.165) is 6.42 Å². The molecule has 1 fully saturated rings. The second-order valence-corrected chi connectivity index (χ2v) is 6.80. The van der Waals surface area contributed by atoms with Crippen molar-refractivity contribution in [2.75, 3.05) is 31.1 Å². The maximum Gasteiger partial charge on any atom is 0.292 e. The molecule has 1 aromatic heterocycles. The van der Waals surface area contributed by atoms with E-state index in [9.17, 15) is 20.0 Å². The number of hydrogen-bond acceptors (Lipinski definition) is 6. The molecule has 0 radical (unpaired) electrons. The Bertz CT molecular complexity index is 763. The number of aliphatic hydroxyl groups excluding tert-OH is 1. The summed E-state index contributed by atoms with van der Waals surface area (Å²) in [5.74, 6) is 0.00968. The summed E-state index contributed by atoms with van der Waals surface area (Å²) in [5.41, 5.74) is 1.16. The van der Waals surface area contributed by atoms with Gasteiger partial charge in [0.05, 0.1) is 16.4 Å². The molecule has 132 valence electrons. The van der Waals surface area contributed by atoms with Gasteiger partial charge < -0.3 is 14.9 Å². The quantitative estimate of drug-likeness (QED) is 0.668. The third kappa shape index (κ3) is 3.80. The van der Waals surface area contributed by atoms with Crippen LogP contribution in [0.25, 0.3) is 0 Å². The first-order valence-corrected chi connectivity index (χ1v) is 8.94. The summed E-state index contributed by atoms with van der Waals surface area (Å²) in [4.78, 5) is 27.9. The number of benzene rings is 1. The number of carbonyl (C=O) groups is 1. The summed E-state index contributed by atoms with van der Waals surface area (Å²) in [6, 6.07) is 8.32. The van der Waals surface area contributed by atoms with Crippen LogP contribution in [0.1, 0.15) is 21.7 Å². The Hall–Kier alpha value is -2.45. The number of aliphatic hydroxyl groups is 1. The molecule has 2 heterocycles. The molecule has 0 unspecified atom stereocenters. The molecule has 1 aliphatic heterocycles. The second-order valence-electron chi connectivity index (χ2n) is 5.85. The van der Waals surface area contributed by atoms with Crippen LogP contribution in [0.2, 0.25) is 0 Å². The number of carbonyl (C=O) groups excluding carboxylic acids is 1. The van der Waals surface area contributed by atoms with Gasteiger partial charge in [-0.3, -0.25) is 14.9 Å². The highest BCUT2D eigenvalue weighted by atomic mass is 32.1. The number of nitrogens with zero attached hydrogens (tertiary/aromatic N) is 3. The van der Waals surface area contributed by atoms with Gasteiger partial charge in [0.2, 0.25) is 0 Å². The number of rotatable bonds is 4. The predicted molar refractivity (Wildman–Crippen MR) is 96.1 cm³/mol. The number of amides is 1. The number of hydrogen-bond donors (Lipinski definition) is 1. The monoisotopic (exact) mass is 361 g/mol. The fourth-order valence-electron chi connectivity index (χ4n) is 2.99. The Kier molecular flexibility index (Phi) is 5.30. The zero-order valence-electron chi connectivity index (χ0n) is 13.6. The van der Waals surface area contributed by atoms with E-state index in [2.05, 4.69) is 0 Å². The molecule has 0 saturated carbocycles. The summed E-state index contributed by atoms with van der Waals surface area (Å²) in [6.45, 7) is 2.12. The lowest BCUT2D eigenvalue weighted by Gasteiger charge is -2.23. The van der Waals surface area contributed by atoms with Crippen LogP contribution in [0.4, 0.5) is 11.4 Å². The van der Waals surface area contributed by atoms with Crippen molar-refractivity contribution >= 4 is 28.6 Å². The molecule has 8 heteroatoms. The Balaban J connectivity index is 1.79. The molecule has 7 nitrogen and oxygen atoms in total. The van der Waals surface area contributed by atoms with Crippen LogP contribution in [0.3, 0.4) is 0 Å². The van der Waals surface area contributed by atoms with Crippen LogP contribution in [-0.4, -0.2) is 47.0 Å². The van der Waals surface area contributed by atoms with Crippen LogP contribution in [0.5, 0.6) is 0 Å². The van der Waals surface area contributed by atoms with Gasteiger partial charge in [0, 0.05) is 32.2 Å². The third-order valence-corrected chi connectivity index (χ3v) is 5.13. The summed E-state index contributed by atoms with van der Waals surface area (Å²) >= 11 is 1.42. The minimum Gasteiger partial charge on any atom is -0.392 e. The normalized spacial score (nSPS) is 15.1. The molecule has 0 atom stereocenters. The minimum atomic E-state index is -0.407. The highest BCUT2D eigenvalue weighted by molar-refractivity contribution is 7.12. The van der Waals surface area contributed by atoms with Crippen molar-refractivity contribution in [1.29, 1.82) is 0 Å². The fourth-order valence-corrected chi connectivity index (χ4v) is 3.68. The number of nitro benzene ring substituents is 1. The first kappa shape index (κ1) is 17.4. The van der Waals surface area contributed by atoms with E-state index in [4.69, 9.17) is 0 Å². The van der Waals surface area contributed by atoms with Gasteiger partial charge >= 0.3 is 0 Å². The topological polar surface area (TPSA) is 86.9 Å². The van der Waals surface area contributed by atoms with E-state index in [1.54, 1.807) is 17.0 Å². The van der Waals surface area contributed by atoms with Gasteiger partial charge in [-0.1, -0.05) is 6.07 Å². The van der Waals surface area contributed by atoms with Gasteiger partial charge in [0.15, 0.2) is 0 Å². The molecule has 0 bridgehead atoms. The molecule has 3 rings (SSSR count). The van der Waals surface area contributed by atoms with E-state index in [0.29, 0.717) is 42.3 Å². The largest absolute Gasteiger partial charge is 0.392 e. The molecular weight excluding hydrogens is 342 g/mol. The summed E-state index contributed by atoms with van der Waals surface area (Å²) in [7, 11) is 0. The first-order chi connectivity index (χ1) is 12.1. The molecule has 25 heavy (non-hydrogen) atoms. The van der Waals surface area contributed by atoms with E-state index in [1.807, 2.05) is 22.4 Å². The van der Waals surface area contributed by atoms with E-state index >= 15 is 0 Å². The zero-order chi connectivity index (χ0) is 17.8. The van der Waals surface area contributed by atoms with E-state index < -0.39 is 4.92 Å². The van der Waals surface area contributed by atoms with E-state index in [-0.39, 0.29) is 18.2 Å². The molecule has 1 saturated heterocycles. The standard InChI is InChI=1S/C17H19N3O4S/c21-12-13-4-5-14(20(23)24)15(11-13)18-6-2-7-19(9-8-18)17(22)16-3-1-10-25-16/h1,3-5,10-11,21H,2,6-9,12H2. The second kappa shape index (κ2) is 7.62. The number of thiophene rings is 1. The lowest BCUT2D eigenvalue weighted by atomic mass is 10.1. The van der Waals surface area contributed by atoms with Crippen LogP contribution >= 0.6 is 11.3 Å². The highest BCUT2D eigenvalue weighted by Gasteiger charge is 2.25. The Morgan fingerprint density at radius 1 is 1.24 bits per heavy atom. The molecule has 0 aliphatic carbocycles. The Labute approximate surface area is 149 Å². The smallest absolute Gasteiger partial charge is 0.292 e. The Morgan fingerprint density at radius 3 is 2.76 bits per heavy atom. The summed E-state index contributed by atoms with van der Waals surface area (Å²) < 4.78 is 0. The Morgan fingerprint density at radius 2 is 2.08 bits per heavy atom. The summed E-state index contributed by atoms with van der Waals surface area (Å²) in [5, 5.41) is 22.5. The number of nitro groups is 1. The predicted octanol–water partition coefficient (Wildman–Crippen LogP) is 2.50. The highest BCUT2D eigenvalue weighted by Crippen LogP contribution is 2.30. The van der Waals surface area contributed by atoms with Crippen molar-refractivity contribution < 1.29 is 14.8 Å². The van der Waals surface area contributed by atoms with Gasteiger partial charge in [-0.2, -0.15) is 0 Å². The fraction of sp³-hybridized carbons (Fsp3) is 0.353. The zero-order valence-corrected chi connectivity index (χ0v) is 14.4. The molecular formula is C17H19N3O4S. The lowest BCUT2D eigenvalue weighted by molar-refractivity contribution is -0.384. The van der Waals surface area contributed by atoms with Gasteiger partial charge in [0.1, 0.15) is 5.69 Å². The van der Waals surface area contributed by atoms with Gasteiger partial charge in [-0.05, 0) is 35.6 Å². The molecule has 0 spiro atoms. The third-order valence-electron chi connectivity index (χ3n) is 4.27. The molecule has 1 N–H and O–H groups in total. The van der Waals surface area contributed by atoms with Gasteiger partial charge in [0.25, 0.3) is 11.6 Å². The van der Waals surface area contributed by atoms with Crippen molar-refractivity contribution in [2.45, 2.75) is 13.0 Å². The van der Waals surface area contributed by atoms with Crippen LogP contribution in [-0.2, 0) is 6.61 Å². The van der Waals surface area contributed by atoms with Gasteiger partial charge in [-0.15, -0.1) is 11.3 Å². The minimum absolute atomic E-state index is 0.00968. The van der Waals surface area contributed by atoms with Crippen molar-refractivity contribution in [3.05, 3.63) is 56.3 Å². The van der Waals surface area contributed by atoms with Crippen LogP contribution < -0.4 is 4.90 Å². The SMILES string of the molecule is O=C(c1cccs1)N1CCCN(c2cc(CO)ccc2[N+](=O)[O-])CC1. The maximum atomic E-state index is 12.5.